The smallest absolute Gasteiger partial charge is 0.249 e. The molecule has 3 aromatic rings. The second kappa shape index (κ2) is 8.63. The van der Waals surface area contributed by atoms with Crippen molar-refractivity contribution in [1.82, 2.24) is 0 Å². The SMILES string of the molecule is CC(C)c1c(N[C@@H]2CCCC[C@H]2P(c2ccccc2)c2ccccc2)c(=O)c1=O. The fourth-order valence-corrected chi connectivity index (χ4v) is 7.66. The van der Waals surface area contributed by atoms with Crippen LogP contribution < -0.4 is 26.8 Å². The van der Waals surface area contributed by atoms with Gasteiger partial charge in [0, 0.05) is 17.3 Å². The van der Waals surface area contributed by atoms with E-state index >= 15 is 0 Å². The number of rotatable bonds is 6. The van der Waals surface area contributed by atoms with E-state index in [4.69, 9.17) is 0 Å². The molecule has 1 aliphatic rings. The van der Waals surface area contributed by atoms with Crippen molar-refractivity contribution in [3.63, 3.8) is 0 Å². The van der Waals surface area contributed by atoms with E-state index in [1.165, 1.54) is 17.0 Å². The molecule has 1 aliphatic carbocycles. The molecule has 0 amide bonds. The first-order valence-electron chi connectivity index (χ1n) is 10.6. The van der Waals surface area contributed by atoms with Crippen molar-refractivity contribution in [1.29, 1.82) is 0 Å². The lowest BCUT2D eigenvalue weighted by molar-refractivity contribution is 0.470. The zero-order valence-corrected chi connectivity index (χ0v) is 18.0. The molecule has 0 saturated heterocycles. The van der Waals surface area contributed by atoms with Gasteiger partial charge >= 0.3 is 0 Å². The van der Waals surface area contributed by atoms with Crippen LogP contribution in [-0.4, -0.2) is 11.7 Å². The van der Waals surface area contributed by atoms with E-state index in [2.05, 4.69) is 66.0 Å². The summed E-state index contributed by atoms with van der Waals surface area (Å²) in [5.74, 6) is 0.0782. The molecule has 0 radical (unpaired) electrons. The van der Waals surface area contributed by atoms with Crippen molar-refractivity contribution in [2.45, 2.75) is 57.1 Å². The van der Waals surface area contributed by atoms with Gasteiger partial charge in [0.2, 0.25) is 10.9 Å². The van der Waals surface area contributed by atoms with Crippen LogP contribution in [0.5, 0.6) is 0 Å². The molecule has 0 aliphatic heterocycles. The van der Waals surface area contributed by atoms with Crippen molar-refractivity contribution in [3.05, 3.63) is 86.7 Å². The molecule has 4 heteroatoms. The van der Waals surface area contributed by atoms with Crippen LogP contribution in [0.3, 0.4) is 0 Å². The largest absolute Gasteiger partial charge is 0.378 e. The lowest BCUT2D eigenvalue weighted by Gasteiger charge is -2.39. The van der Waals surface area contributed by atoms with E-state index in [9.17, 15) is 9.59 Å². The van der Waals surface area contributed by atoms with Crippen molar-refractivity contribution in [2.75, 3.05) is 5.32 Å². The van der Waals surface area contributed by atoms with Gasteiger partial charge in [0.1, 0.15) is 0 Å². The minimum Gasteiger partial charge on any atom is -0.378 e. The third-order valence-corrected chi connectivity index (χ3v) is 8.97. The van der Waals surface area contributed by atoms with E-state index in [1.807, 2.05) is 13.8 Å². The second-order valence-corrected chi connectivity index (χ2v) is 10.7. The number of nitrogens with one attached hydrogen (secondary N) is 1. The van der Waals surface area contributed by atoms with E-state index in [0.29, 0.717) is 16.9 Å². The van der Waals surface area contributed by atoms with Crippen molar-refractivity contribution in [2.24, 2.45) is 0 Å². The summed E-state index contributed by atoms with van der Waals surface area (Å²) in [5.41, 5.74) is 1.07. The summed E-state index contributed by atoms with van der Waals surface area (Å²) < 4.78 is 0. The first-order valence-corrected chi connectivity index (χ1v) is 12.0. The Morgan fingerprint density at radius 1 is 0.828 bits per heavy atom. The summed E-state index contributed by atoms with van der Waals surface area (Å²) in [4.78, 5) is 24.4. The van der Waals surface area contributed by atoms with Gasteiger partial charge in [0.05, 0.1) is 5.69 Å². The Labute approximate surface area is 173 Å². The highest BCUT2D eigenvalue weighted by molar-refractivity contribution is 7.73. The van der Waals surface area contributed by atoms with Crippen LogP contribution in [0.2, 0.25) is 0 Å². The zero-order chi connectivity index (χ0) is 20.4. The van der Waals surface area contributed by atoms with Gasteiger partial charge in [-0.25, -0.2) is 0 Å². The molecule has 1 fully saturated rings. The molecule has 3 nitrogen and oxygen atoms in total. The monoisotopic (exact) mass is 405 g/mol. The number of benzene rings is 2. The van der Waals surface area contributed by atoms with Gasteiger partial charge in [-0.15, -0.1) is 0 Å². The first-order chi connectivity index (χ1) is 14.1. The molecule has 0 spiro atoms. The quantitative estimate of drug-likeness (QED) is 0.492. The molecule has 2 atom stereocenters. The highest BCUT2D eigenvalue weighted by Crippen LogP contribution is 2.47. The summed E-state index contributed by atoms with van der Waals surface area (Å²) in [7, 11) is -0.556. The van der Waals surface area contributed by atoms with Gasteiger partial charge in [-0.2, -0.15) is 0 Å². The number of hydrogen-bond donors (Lipinski definition) is 1. The predicted octanol–water partition coefficient (Wildman–Crippen LogP) is 4.26. The Morgan fingerprint density at radius 2 is 1.38 bits per heavy atom. The maximum absolute atomic E-state index is 12.3. The Kier molecular flexibility index (Phi) is 5.96. The fourth-order valence-electron chi connectivity index (χ4n) is 4.59. The summed E-state index contributed by atoms with van der Waals surface area (Å²) in [6, 6.07) is 21.8. The fraction of sp³-hybridized carbons (Fsp3) is 0.360. The van der Waals surface area contributed by atoms with Gasteiger partial charge in [-0.1, -0.05) is 87.4 Å². The topological polar surface area (TPSA) is 46.2 Å². The molecular weight excluding hydrogens is 377 g/mol. The van der Waals surface area contributed by atoms with Gasteiger partial charge in [0.15, 0.2) is 0 Å². The molecule has 0 bridgehead atoms. The first kappa shape index (κ1) is 20.0. The highest BCUT2D eigenvalue weighted by Gasteiger charge is 2.35. The molecule has 0 aromatic heterocycles. The molecule has 1 saturated carbocycles. The maximum atomic E-state index is 12.3. The lowest BCUT2D eigenvalue weighted by atomic mass is 9.91. The van der Waals surface area contributed by atoms with Crippen molar-refractivity contribution >= 4 is 24.2 Å². The van der Waals surface area contributed by atoms with Gasteiger partial charge in [-0.05, 0) is 37.3 Å². The molecular formula is C25H28NO2P. The summed E-state index contributed by atoms with van der Waals surface area (Å²) in [5, 5.41) is 6.32. The molecule has 29 heavy (non-hydrogen) atoms. The van der Waals surface area contributed by atoms with Crippen LogP contribution in [0.1, 0.15) is 51.0 Å². The van der Waals surface area contributed by atoms with Crippen LogP contribution in [0.25, 0.3) is 0 Å². The third kappa shape index (κ3) is 3.94. The molecule has 0 unspecified atom stereocenters. The van der Waals surface area contributed by atoms with E-state index in [0.717, 1.165) is 19.3 Å². The summed E-state index contributed by atoms with van der Waals surface area (Å²) in [6.45, 7) is 3.97. The Hall–Kier alpha value is -2.25. The number of hydrogen-bond acceptors (Lipinski definition) is 3. The van der Waals surface area contributed by atoms with Crippen LogP contribution in [0.15, 0.2) is 70.3 Å². The molecule has 3 aromatic carbocycles. The average molecular weight is 405 g/mol. The molecule has 150 valence electrons. The van der Waals surface area contributed by atoms with Crippen LogP contribution in [0.4, 0.5) is 5.69 Å². The molecule has 1 N–H and O–H groups in total. The van der Waals surface area contributed by atoms with Gasteiger partial charge < -0.3 is 5.32 Å². The van der Waals surface area contributed by atoms with E-state index < -0.39 is 7.92 Å². The van der Waals surface area contributed by atoms with Crippen molar-refractivity contribution < 1.29 is 0 Å². The minimum atomic E-state index is -0.556. The van der Waals surface area contributed by atoms with Crippen LogP contribution in [-0.2, 0) is 0 Å². The van der Waals surface area contributed by atoms with Gasteiger partial charge in [-0.3, -0.25) is 9.59 Å². The summed E-state index contributed by atoms with van der Waals surface area (Å²) >= 11 is 0. The normalized spacial score (nSPS) is 19.7. The summed E-state index contributed by atoms with van der Waals surface area (Å²) in [6.07, 6.45) is 4.55. The van der Waals surface area contributed by atoms with Crippen molar-refractivity contribution in [3.8, 4) is 0 Å². The van der Waals surface area contributed by atoms with E-state index in [-0.39, 0.29) is 22.8 Å². The van der Waals surface area contributed by atoms with Crippen LogP contribution >= 0.6 is 7.92 Å². The standard InChI is InChI=1S/C25H28NO2P/c1-17(2)22-23(25(28)24(22)27)26-20-15-9-10-16-21(20)29(18-11-5-3-6-12-18)19-13-7-4-8-14-19/h3-8,11-14,17,20-21,26H,9-10,15-16H2,1-2H3/t20-,21-/m1/s1. The minimum absolute atomic E-state index is 0.0782. The molecule has 0 heterocycles. The average Bonchev–Trinajstić information content (AvgIpc) is 2.75. The molecule has 4 rings (SSSR count). The highest BCUT2D eigenvalue weighted by atomic mass is 31.1. The Bertz CT molecular complexity index is 983. The van der Waals surface area contributed by atoms with Crippen LogP contribution in [0, 0.1) is 0 Å². The Balaban J connectivity index is 1.71. The third-order valence-electron chi connectivity index (χ3n) is 5.98. The lowest BCUT2D eigenvalue weighted by Crippen LogP contribution is -2.46. The zero-order valence-electron chi connectivity index (χ0n) is 17.1. The second-order valence-electron chi connectivity index (χ2n) is 8.25. The Morgan fingerprint density at radius 3 is 1.93 bits per heavy atom. The maximum Gasteiger partial charge on any atom is 0.249 e. The van der Waals surface area contributed by atoms with Gasteiger partial charge in [0.25, 0.3) is 0 Å². The van der Waals surface area contributed by atoms with E-state index in [1.54, 1.807) is 0 Å². The predicted molar refractivity (Wildman–Crippen MR) is 124 cm³/mol. The number of anilines is 1.